The van der Waals surface area contributed by atoms with Crippen LogP contribution in [0.2, 0.25) is 0 Å². The van der Waals surface area contributed by atoms with Crippen LogP contribution in [0.3, 0.4) is 0 Å². The Morgan fingerprint density at radius 3 is 2.38 bits per heavy atom. The molecule has 2 fully saturated rings. The molecule has 0 aromatic heterocycles. The molecule has 1 aromatic rings. The van der Waals surface area contributed by atoms with E-state index in [-0.39, 0.29) is 17.2 Å². The number of benzene rings is 1. The summed E-state index contributed by atoms with van der Waals surface area (Å²) in [6.07, 6.45) is 2.66. The van der Waals surface area contributed by atoms with Crippen molar-refractivity contribution >= 4 is 27.8 Å². The summed E-state index contributed by atoms with van der Waals surface area (Å²) in [5, 5.41) is 8.93. The lowest BCUT2D eigenvalue weighted by Gasteiger charge is -2.24. The molecule has 0 radical (unpaired) electrons. The predicted molar refractivity (Wildman–Crippen MR) is 81.9 cm³/mol. The molecule has 2 unspecified atom stereocenters. The first-order valence-corrected chi connectivity index (χ1v) is 7.96. The Morgan fingerprint density at radius 1 is 1.29 bits per heavy atom. The third-order valence-electron chi connectivity index (χ3n) is 4.65. The molecule has 0 spiro atoms. The Kier molecular flexibility index (Phi) is 3.56. The molecular formula is C16H18BrNO3. The number of halogens is 1. The van der Waals surface area contributed by atoms with Crippen LogP contribution < -0.4 is 0 Å². The quantitative estimate of drug-likeness (QED) is 0.887. The van der Waals surface area contributed by atoms with E-state index in [2.05, 4.69) is 28.1 Å². The topological polar surface area (TPSA) is 57.6 Å². The first-order valence-electron chi connectivity index (χ1n) is 7.17. The number of amides is 1. The summed E-state index contributed by atoms with van der Waals surface area (Å²) in [5.74, 6) is -1.66. The summed E-state index contributed by atoms with van der Waals surface area (Å²) in [6.45, 7) is 0.677. The van der Waals surface area contributed by atoms with Crippen molar-refractivity contribution in [3.8, 4) is 0 Å². The molecule has 1 amide bonds. The predicted octanol–water partition coefficient (Wildman–Crippen LogP) is 2.66. The Morgan fingerprint density at radius 2 is 1.90 bits per heavy atom. The van der Waals surface area contributed by atoms with E-state index in [1.165, 1.54) is 5.56 Å². The van der Waals surface area contributed by atoms with Crippen molar-refractivity contribution < 1.29 is 14.7 Å². The van der Waals surface area contributed by atoms with Crippen molar-refractivity contribution in [3.05, 3.63) is 34.3 Å². The molecule has 2 aliphatic rings. The second kappa shape index (κ2) is 5.13. The lowest BCUT2D eigenvalue weighted by molar-refractivity contribution is -0.141. The number of likely N-dealkylation sites (N-methyl/N-ethyl adjacent to an activating group) is 1. The molecule has 1 aromatic carbocycles. The molecular weight excluding hydrogens is 334 g/mol. The summed E-state index contributed by atoms with van der Waals surface area (Å²) in [5.41, 5.74) is 1.33. The Balaban J connectivity index is 1.65. The minimum absolute atomic E-state index is 0.0224. The molecule has 5 heteroatoms. The number of hydrogen-bond donors (Lipinski definition) is 1. The highest BCUT2D eigenvalue weighted by Crippen LogP contribution is 2.49. The maximum Gasteiger partial charge on any atom is 0.307 e. The highest BCUT2D eigenvalue weighted by atomic mass is 79.9. The number of carboxylic acid groups (broad SMARTS) is 1. The zero-order chi connectivity index (χ0) is 15.2. The highest BCUT2D eigenvalue weighted by molar-refractivity contribution is 9.10. The van der Waals surface area contributed by atoms with Gasteiger partial charge in [-0.05, 0) is 37.0 Å². The summed E-state index contributed by atoms with van der Waals surface area (Å²) in [6, 6.07) is 8.26. The first-order chi connectivity index (χ1) is 9.93. The van der Waals surface area contributed by atoms with Crippen molar-refractivity contribution in [2.45, 2.75) is 24.7 Å². The minimum atomic E-state index is -0.851. The fourth-order valence-corrected chi connectivity index (χ4v) is 3.31. The lowest BCUT2D eigenvalue weighted by Crippen LogP contribution is -2.36. The largest absolute Gasteiger partial charge is 0.481 e. The van der Waals surface area contributed by atoms with E-state index in [9.17, 15) is 9.59 Å². The van der Waals surface area contributed by atoms with Gasteiger partial charge in [-0.15, -0.1) is 0 Å². The van der Waals surface area contributed by atoms with Crippen LogP contribution in [-0.2, 0) is 15.0 Å². The van der Waals surface area contributed by atoms with Crippen LogP contribution in [0, 0.1) is 11.8 Å². The van der Waals surface area contributed by atoms with Crippen LogP contribution in [0.15, 0.2) is 28.7 Å². The molecule has 3 rings (SSSR count). The van der Waals surface area contributed by atoms with E-state index >= 15 is 0 Å². The maximum absolute atomic E-state index is 12.3. The monoisotopic (exact) mass is 351 g/mol. The van der Waals surface area contributed by atoms with Crippen LogP contribution >= 0.6 is 15.9 Å². The number of rotatable bonds is 5. The number of carbonyl (C=O) groups is 2. The van der Waals surface area contributed by atoms with E-state index < -0.39 is 11.9 Å². The second-order valence-electron chi connectivity index (χ2n) is 6.27. The van der Waals surface area contributed by atoms with Gasteiger partial charge >= 0.3 is 5.97 Å². The van der Waals surface area contributed by atoms with Crippen molar-refractivity contribution in [3.63, 3.8) is 0 Å². The molecule has 1 N–H and O–H groups in total. The fourth-order valence-electron chi connectivity index (χ4n) is 3.05. The smallest absolute Gasteiger partial charge is 0.307 e. The van der Waals surface area contributed by atoms with Gasteiger partial charge in [-0.25, -0.2) is 0 Å². The minimum Gasteiger partial charge on any atom is -0.481 e. The zero-order valence-corrected chi connectivity index (χ0v) is 13.5. The van der Waals surface area contributed by atoms with Gasteiger partial charge in [0, 0.05) is 23.5 Å². The summed E-state index contributed by atoms with van der Waals surface area (Å²) in [4.78, 5) is 24.9. The third kappa shape index (κ3) is 2.84. The van der Waals surface area contributed by atoms with Crippen molar-refractivity contribution in [1.29, 1.82) is 0 Å². The van der Waals surface area contributed by atoms with Gasteiger partial charge in [-0.3, -0.25) is 9.59 Å². The Bertz CT molecular complexity index is 580. The van der Waals surface area contributed by atoms with Gasteiger partial charge in [0.25, 0.3) is 0 Å². The number of hydrogen-bond acceptors (Lipinski definition) is 2. The number of aliphatic carboxylic acids is 1. The van der Waals surface area contributed by atoms with Crippen molar-refractivity contribution in [2.75, 3.05) is 13.6 Å². The van der Waals surface area contributed by atoms with Crippen LogP contribution in [0.5, 0.6) is 0 Å². The van der Waals surface area contributed by atoms with E-state index in [0.717, 1.165) is 17.3 Å². The highest BCUT2D eigenvalue weighted by Gasteiger charge is 2.51. The van der Waals surface area contributed by atoms with Gasteiger partial charge in [-0.2, -0.15) is 0 Å². The maximum atomic E-state index is 12.3. The average Bonchev–Trinajstić information content (AvgIpc) is 3.33. The second-order valence-corrected chi connectivity index (χ2v) is 7.18. The number of carbonyl (C=O) groups excluding carboxylic acids is 1. The molecule has 112 valence electrons. The SMILES string of the molecule is CN(CC1(c2ccc(Br)cc2)CC1)C(=O)C1CC1C(=O)O. The zero-order valence-electron chi connectivity index (χ0n) is 11.9. The van der Waals surface area contributed by atoms with E-state index in [1.54, 1.807) is 11.9 Å². The standard InChI is InChI=1S/C16H18BrNO3/c1-18(14(19)12-8-13(12)15(20)21)9-16(6-7-16)10-2-4-11(17)5-3-10/h2-5,12-13H,6-9H2,1H3,(H,20,21). The van der Waals surface area contributed by atoms with Gasteiger partial charge in [-0.1, -0.05) is 28.1 Å². The average molecular weight is 352 g/mol. The summed E-state index contributed by atoms with van der Waals surface area (Å²) >= 11 is 3.43. The van der Waals surface area contributed by atoms with Crippen LogP contribution in [0.1, 0.15) is 24.8 Å². The molecule has 21 heavy (non-hydrogen) atoms. The number of carboxylic acids is 1. The van der Waals surface area contributed by atoms with Gasteiger partial charge in [0.1, 0.15) is 0 Å². The fraction of sp³-hybridized carbons (Fsp3) is 0.500. The van der Waals surface area contributed by atoms with Crippen molar-refractivity contribution in [2.24, 2.45) is 11.8 Å². The summed E-state index contributed by atoms with van der Waals surface area (Å²) < 4.78 is 1.05. The molecule has 0 saturated heterocycles. The molecule has 2 saturated carbocycles. The van der Waals surface area contributed by atoms with Gasteiger partial charge in [0.2, 0.25) is 5.91 Å². The normalized spacial score (nSPS) is 25.2. The molecule has 0 heterocycles. The Labute approximate surface area is 132 Å². The van der Waals surface area contributed by atoms with E-state index in [0.29, 0.717) is 13.0 Å². The van der Waals surface area contributed by atoms with Gasteiger partial charge in [0.05, 0.1) is 11.8 Å². The van der Waals surface area contributed by atoms with Crippen LogP contribution in [0.4, 0.5) is 0 Å². The molecule has 2 atom stereocenters. The lowest BCUT2D eigenvalue weighted by atomic mass is 9.95. The van der Waals surface area contributed by atoms with E-state index in [1.807, 2.05) is 12.1 Å². The Hall–Kier alpha value is -1.36. The molecule has 4 nitrogen and oxygen atoms in total. The first kappa shape index (κ1) is 14.6. The summed E-state index contributed by atoms with van der Waals surface area (Å²) in [7, 11) is 1.79. The van der Waals surface area contributed by atoms with Crippen LogP contribution in [-0.4, -0.2) is 35.5 Å². The third-order valence-corrected chi connectivity index (χ3v) is 5.18. The molecule has 2 aliphatic carbocycles. The van der Waals surface area contributed by atoms with E-state index in [4.69, 9.17) is 5.11 Å². The van der Waals surface area contributed by atoms with Gasteiger partial charge in [0.15, 0.2) is 0 Å². The number of nitrogens with zero attached hydrogens (tertiary/aromatic N) is 1. The molecule has 0 aliphatic heterocycles. The molecule has 0 bridgehead atoms. The van der Waals surface area contributed by atoms with Crippen LogP contribution in [0.25, 0.3) is 0 Å². The van der Waals surface area contributed by atoms with Gasteiger partial charge < -0.3 is 10.0 Å². The van der Waals surface area contributed by atoms with Crippen molar-refractivity contribution in [1.82, 2.24) is 4.90 Å².